The van der Waals surface area contributed by atoms with Gasteiger partial charge in [0.2, 0.25) is 0 Å². The van der Waals surface area contributed by atoms with E-state index in [1.807, 2.05) is 59.9 Å². The molecule has 2 aromatic heterocycles. The van der Waals surface area contributed by atoms with Crippen LogP contribution < -0.4 is 0 Å². The Morgan fingerprint density at radius 1 is 0.432 bits per heavy atom. The Labute approximate surface area is 258 Å². The Bertz CT molecular complexity index is 2290. The molecule has 0 aliphatic rings. The van der Waals surface area contributed by atoms with Gasteiger partial charge in [0.05, 0.1) is 11.4 Å². The highest BCUT2D eigenvalue weighted by molar-refractivity contribution is 7.26. The van der Waals surface area contributed by atoms with Gasteiger partial charge in [-0.1, -0.05) is 109 Å². The van der Waals surface area contributed by atoms with Crippen LogP contribution in [0, 0.1) is 5.82 Å². The lowest BCUT2D eigenvalue weighted by atomic mass is 9.94. The molecule has 0 bridgehead atoms. The van der Waals surface area contributed by atoms with Crippen LogP contribution in [-0.2, 0) is 0 Å². The predicted molar refractivity (Wildman–Crippen MR) is 182 cm³/mol. The van der Waals surface area contributed by atoms with Crippen LogP contribution in [0.25, 0.3) is 76.3 Å². The molecule has 8 rings (SSSR count). The third-order valence-corrected chi connectivity index (χ3v) is 9.15. The molecule has 0 aliphatic heterocycles. The zero-order valence-corrected chi connectivity index (χ0v) is 24.4. The molecule has 0 saturated heterocycles. The van der Waals surface area contributed by atoms with Crippen LogP contribution in [0.1, 0.15) is 0 Å². The molecule has 208 valence electrons. The summed E-state index contributed by atoms with van der Waals surface area (Å²) < 4.78 is 16.9. The number of hydrogen-bond acceptors (Lipinski definition) is 3. The summed E-state index contributed by atoms with van der Waals surface area (Å²) >= 11 is 1.83. The maximum Gasteiger partial charge on any atom is 0.160 e. The molecule has 0 radical (unpaired) electrons. The number of fused-ring (bicyclic) bond motifs is 3. The number of halogens is 1. The SMILES string of the molecule is Fc1cccc(-c2cc(-c3cc(-c4ccccc4)cc(-c4cccc5c4sc4ccccc45)c3)nc(-c3ccccc3)n2)c1. The van der Waals surface area contributed by atoms with Crippen molar-refractivity contribution in [3.63, 3.8) is 0 Å². The van der Waals surface area contributed by atoms with Crippen molar-refractivity contribution in [2.24, 2.45) is 0 Å². The van der Waals surface area contributed by atoms with Crippen molar-refractivity contribution >= 4 is 31.5 Å². The summed E-state index contributed by atoms with van der Waals surface area (Å²) in [4.78, 5) is 9.98. The second-order valence-electron chi connectivity index (χ2n) is 10.8. The van der Waals surface area contributed by atoms with Crippen LogP contribution in [-0.4, -0.2) is 9.97 Å². The summed E-state index contributed by atoms with van der Waals surface area (Å²) in [7, 11) is 0. The highest BCUT2D eigenvalue weighted by Crippen LogP contribution is 2.42. The molecule has 2 nitrogen and oxygen atoms in total. The van der Waals surface area contributed by atoms with E-state index < -0.39 is 0 Å². The number of thiophene rings is 1. The van der Waals surface area contributed by atoms with E-state index in [0.29, 0.717) is 17.1 Å². The average Bonchev–Trinajstić information content (AvgIpc) is 3.48. The Kier molecular flexibility index (Phi) is 6.55. The molecule has 0 saturated carbocycles. The molecule has 0 spiro atoms. The van der Waals surface area contributed by atoms with E-state index in [-0.39, 0.29) is 5.82 Å². The van der Waals surface area contributed by atoms with Gasteiger partial charge in [0.15, 0.2) is 5.82 Å². The van der Waals surface area contributed by atoms with Gasteiger partial charge in [-0.15, -0.1) is 11.3 Å². The second kappa shape index (κ2) is 11.0. The van der Waals surface area contributed by atoms with E-state index in [4.69, 9.17) is 9.97 Å². The zero-order valence-electron chi connectivity index (χ0n) is 23.6. The van der Waals surface area contributed by atoms with Crippen molar-refractivity contribution in [1.82, 2.24) is 9.97 Å². The lowest BCUT2D eigenvalue weighted by Gasteiger charge is -2.13. The molecule has 2 heterocycles. The van der Waals surface area contributed by atoms with Gasteiger partial charge in [-0.05, 0) is 64.7 Å². The van der Waals surface area contributed by atoms with Crippen LogP contribution in [0.4, 0.5) is 4.39 Å². The normalized spacial score (nSPS) is 11.3. The van der Waals surface area contributed by atoms with Gasteiger partial charge in [-0.25, -0.2) is 14.4 Å². The number of hydrogen-bond donors (Lipinski definition) is 0. The summed E-state index contributed by atoms with van der Waals surface area (Å²) in [6.45, 7) is 0. The molecule has 44 heavy (non-hydrogen) atoms. The van der Waals surface area contributed by atoms with Gasteiger partial charge >= 0.3 is 0 Å². The Balaban J connectivity index is 1.39. The van der Waals surface area contributed by atoms with E-state index in [9.17, 15) is 4.39 Å². The minimum atomic E-state index is -0.297. The monoisotopic (exact) mass is 584 g/mol. The first kappa shape index (κ1) is 26.2. The summed E-state index contributed by atoms with van der Waals surface area (Å²) in [5.74, 6) is 0.300. The second-order valence-corrected chi connectivity index (χ2v) is 11.8. The van der Waals surface area contributed by atoms with Gasteiger partial charge in [0.1, 0.15) is 5.82 Å². The van der Waals surface area contributed by atoms with Crippen LogP contribution in [0.2, 0.25) is 0 Å². The maximum absolute atomic E-state index is 14.3. The largest absolute Gasteiger partial charge is 0.228 e. The first-order chi connectivity index (χ1) is 21.7. The third kappa shape index (κ3) is 4.85. The number of rotatable bonds is 5. The fraction of sp³-hybridized carbons (Fsp3) is 0. The van der Waals surface area contributed by atoms with E-state index >= 15 is 0 Å². The first-order valence-electron chi connectivity index (χ1n) is 14.5. The topological polar surface area (TPSA) is 25.8 Å². The van der Waals surface area contributed by atoms with E-state index in [2.05, 4.69) is 84.9 Å². The molecule has 4 heteroatoms. The molecule has 0 N–H and O–H groups in total. The van der Waals surface area contributed by atoms with Gasteiger partial charge in [-0.3, -0.25) is 0 Å². The standard InChI is InChI=1S/C40H25FN2S/c41-32-16-9-15-28(24-32)36-25-37(43-40(42-36)27-13-5-2-6-14-27)31-22-29(26-11-3-1-4-12-26)21-30(23-31)33-18-10-19-35-34-17-7-8-20-38(34)44-39(33)35/h1-25H. The summed E-state index contributed by atoms with van der Waals surface area (Å²) in [6.07, 6.45) is 0. The van der Waals surface area contributed by atoms with Crippen LogP contribution in [0.15, 0.2) is 152 Å². The van der Waals surface area contributed by atoms with Crippen molar-refractivity contribution in [2.75, 3.05) is 0 Å². The Morgan fingerprint density at radius 3 is 1.84 bits per heavy atom. The van der Waals surface area contributed by atoms with Gasteiger partial charge < -0.3 is 0 Å². The molecule has 0 unspecified atom stereocenters. The summed E-state index contributed by atoms with van der Waals surface area (Å²) in [6, 6.07) is 50.8. The predicted octanol–water partition coefficient (Wildman–Crippen LogP) is 11.3. The molecular formula is C40H25FN2S. The van der Waals surface area contributed by atoms with Crippen LogP contribution in [0.3, 0.4) is 0 Å². The minimum absolute atomic E-state index is 0.297. The molecular weight excluding hydrogens is 560 g/mol. The van der Waals surface area contributed by atoms with Crippen molar-refractivity contribution in [1.29, 1.82) is 0 Å². The molecule has 0 atom stereocenters. The quantitative estimate of drug-likeness (QED) is 0.201. The molecule has 6 aromatic carbocycles. The number of benzene rings is 6. The number of nitrogens with zero attached hydrogens (tertiary/aromatic N) is 2. The van der Waals surface area contributed by atoms with E-state index in [1.165, 1.54) is 37.9 Å². The zero-order chi connectivity index (χ0) is 29.5. The van der Waals surface area contributed by atoms with Crippen LogP contribution in [0.5, 0.6) is 0 Å². The smallest absolute Gasteiger partial charge is 0.160 e. The van der Waals surface area contributed by atoms with Gasteiger partial charge in [0.25, 0.3) is 0 Å². The molecule has 0 fully saturated rings. The molecule has 8 aromatic rings. The Morgan fingerprint density at radius 2 is 1.05 bits per heavy atom. The van der Waals surface area contributed by atoms with Crippen LogP contribution >= 0.6 is 11.3 Å². The maximum atomic E-state index is 14.3. The first-order valence-corrected chi connectivity index (χ1v) is 15.3. The highest BCUT2D eigenvalue weighted by Gasteiger charge is 2.16. The van der Waals surface area contributed by atoms with Crippen molar-refractivity contribution < 1.29 is 4.39 Å². The fourth-order valence-corrected chi connectivity index (χ4v) is 7.05. The average molecular weight is 585 g/mol. The van der Waals surface area contributed by atoms with E-state index in [1.54, 1.807) is 6.07 Å². The summed E-state index contributed by atoms with van der Waals surface area (Å²) in [5, 5.41) is 2.54. The van der Waals surface area contributed by atoms with Crippen molar-refractivity contribution in [3.8, 4) is 56.2 Å². The molecule has 0 aliphatic carbocycles. The summed E-state index contributed by atoms with van der Waals surface area (Å²) in [5.41, 5.74) is 8.56. The van der Waals surface area contributed by atoms with Gasteiger partial charge in [-0.2, -0.15) is 0 Å². The highest BCUT2D eigenvalue weighted by atomic mass is 32.1. The number of aromatic nitrogens is 2. The van der Waals surface area contributed by atoms with E-state index in [0.717, 1.165) is 33.5 Å². The lowest BCUT2D eigenvalue weighted by Crippen LogP contribution is -1.97. The van der Waals surface area contributed by atoms with Crippen molar-refractivity contribution in [2.45, 2.75) is 0 Å². The Hall–Kier alpha value is -5.45. The molecule has 0 amide bonds. The lowest BCUT2D eigenvalue weighted by molar-refractivity contribution is 0.628. The minimum Gasteiger partial charge on any atom is -0.228 e. The fourth-order valence-electron chi connectivity index (χ4n) is 5.81. The van der Waals surface area contributed by atoms with Gasteiger partial charge in [0, 0.05) is 36.9 Å². The third-order valence-electron chi connectivity index (χ3n) is 7.93. The van der Waals surface area contributed by atoms with Crippen molar-refractivity contribution in [3.05, 3.63) is 157 Å².